The lowest BCUT2D eigenvalue weighted by Crippen LogP contribution is -2.36. The summed E-state index contributed by atoms with van der Waals surface area (Å²) in [5.41, 5.74) is 3.00. The topological polar surface area (TPSA) is 74.2 Å². The zero-order valence-corrected chi connectivity index (χ0v) is 15.9. The number of nitrogens with zero attached hydrogens (tertiary/aromatic N) is 3. The highest BCUT2D eigenvalue weighted by Gasteiger charge is 2.28. The number of aromatic nitrogens is 3. The molecule has 1 saturated heterocycles. The monoisotopic (exact) mass is 366 g/mol. The third-order valence-electron chi connectivity index (χ3n) is 5.64. The van der Waals surface area contributed by atoms with Gasteiger partial charge in [-0.05, 0) is 50.9 Å². The number of aliphatic hydroxyl groups excluding tert-OH is 1. The van der Waals surface area contributed by atoms with Gasteiger partial charge >= 0.3 is 0 Å². The predicted octanol–water partition coefficient (Wildman–Crippen LogP) is 2.52. The van der Waals surface area contributed by atoms with Crippen molar-refractivity contribution in [3.8, 4) is 0 Å². The normalized spacial score (nSPS) is 17.4. The number of piperidine rings is 1. The third-order valence-corrected chi connectivity index (χ3v) is 5.64. The molecular formula is C21H26N4O2. The van der Waals surface area contributed by atoms with Crippen molar-refractivity contribution in [1.29, 1.82) is 0 Å². The average Bonchev–Trinajstić information content (AvgIpc) is 3.08. The second-order valence-electron chi connectivity index (χ2n) is 7.66. The van der Waals surface area contributed by atoms with Crippen molar-refractivity contribution in [3.63, 3.8) is 0 Å². The van der Waals surface area contributed by atoms with E-state index in [0.29, 0.717) is 0 Å². The molecule has 142 valence electrons. The molecule has 2 aromatic heterocycles. The van der Waals surface area contributed by atoms with Gasteiger partial charge in [-0.3, -0.25) is 9.69 Å². The van der Waals surface area contributed by atoms with Crippen LogP contribution in [0.4, 0.5) is 0 Å². The number of fused-ring (bicyclic) bond motifs is 1. The third kappa shape index (κ3) is 3.68. The number of imidazole rings is 1. The fraction of sp³-hybridized carbons (Fsp3) is 0.429. The molecule has 27 heavy (non-hydrogen) atoms. The zero-order chi connectivity index (χ0) is 19.0. The second-order valence-corrected chi connectivity index (χ2v) is 7.66. The van der Waals surface area contributed by atoms with Crippen LogP contribution in [0.5, 0.6) is 0 Å². The molecule has 3 heterocycles. The summed E-state index contributed by atoms with van der Waals surface area (Å²) in [4.78, 5) is 22.4. The maximum absolute atomic E-state index is 12.4. The van der Waals surface area contributed by atoms with Gasteiger partial charge in [0.25, 0.3) is 0 Å². The van der Waals surface area contributed by atoms with Crippen LogP contribution in [0.25, 0.3) is 10.9 Å². The first-order valence-electron chi connectivity index (χ1n) is 9.51. The first-order chi connectivity index (χ1) is 13.0. The molecular weight excluding hydrogens is 340 g/mol. The molecule has 0 unspecified atom stereocenters. The number of rotatable bonds is 4. The van der Waals surface area contributed by atoms with Gasteiger partial charge in [-0.2, -0.15) is 0 Å². The number of aliphatic hydroxyl groups is 1. The van der Waals surface area contributed by atoms with Crippen molar-refractivity contribution in [1.82, 2.24) is 19.4 Å². The van der Waals surface area contributed by atoms with E-state index in [2.05, 4.69) is 14.9 Å². The van der Waals surface area contributed by atoms with Crippen molar-refractivity contribution in [2.45, 2.75) is 32.4 Å². The summed E-state index contributed by atoms with van der Waals surface area (Å²) in [7, 11) is 1.91. The van der Waals surface area contributed by atoms with Crippen LogP contribution in [0, 0.1) is 12.8 Å². The number of aryl methyl sites for hydroxylation is 2. The SMILES string of the molecule is Cc1ccc2[nH]c(CN3CCC([C@@H](O)c4nccn4C)CC3)cc(=O)c2c1. The molecule has 0 amide bonds. The van der Waals surface area contributed by atoms with E-state index in [4.69, 9.17) is 0 Å². The number of H-pyrrole nitrogens is 1. The number of nitrogens with one attached hydrogen (secondary N) is 1. The maximum atomic E-state index is 12.4. The van der Waals surface area contributed by atoms with Crippen LogP contribution in [0.15, 0.2) is 41.5 Å². The highest BCUT2D eigenvalue weighted by molar-refractivity contribution is 5.79. The lowest BCUT2D eigenvalue weighted by Gasteiger charge is -2.33. The molecule has 6 heteroatoms. The summed E-state index contributed by atoms with van der Waals surface area (Å²) in [5, 5.41) is 11.4. The molecule has 4 rings (SSSR count). The van der Waals surface area contributed by atoms with E-state index in [1.165, 1.54) is 0 Å². The Morgan fingerprint density at radius 2 is 2.07 bits per heavy atom. The van der Waals surface area contributed by atoms with Crippen LogP contribution in [-0.2, 0) is 13.6 Å². The van der Waals surface area contributed by atoms with Gasteiger partial charge in [-0.1, -0.05) is 11.6 Å². The summed E-state index contributed by atoms with van der Waals surface area (Å²) in [6, 6.07) is 7.65. The van der Waals surface area contributed by atoms with Crippen LogP contribution >= 0.6 is 0 Å². The van der Waals surface area contributed by atoms with Gasteiger partial charge in [0.1, 0.15) is 11.9 Å². The minimum atomic E-state index is -0.518. The van der Waals surface area contributed by atoms with E-state index in [9.17, 15) is 9.90 Å². The Balaban J connectivity index is 1.42. The molecule has 1 aliphatic rings. The van der Waals surface area contributed by atoms with Gasteiger partial charge in [-0.15, -0.1) is 0 Å². The van der Waals surface area contributed by atoms with Gasteiger partial charge in [-0.25, -0.2) is 4.98 Å². The number of hydrogen-bond acceptors (Lipinski definition) is 4. The van der Waals surface area contributed by atoms with Crippen molar-refractivity contribution in [2.24, 2.45) is 13.0 Å². The Hall–Kier alpha value is -2.44. The number of likely N-dealkylation sites (tertiary alicyclic amines) is 1. The second kappa shape index (κ2) is 7.29. The molecule has 1 aliphatic heterocycles. The predicted molar refractivity (Wildman–Crippen MR) is 105 cm³/mol. The molecule has 1 fully saturated rings. The minimum Gasteiger partial charge on any atom is -0.385 e. The molecule has 0 aliphatic carbocycles. The molecule has 3 aromatic rings. The molecule has 0 radical (unpaired) electrons. The van der Waals surface area contributed by atoms with Crippen LogP contribution < -0.4 is 5.43 Å². The highest BCUT2D eigenvalue weighted by Crippen LogP contribution is 2.30. The van der Waals surface area contributed by atoms with Crippen molar-refractivity contribution in [2.75, 3.05) is 13.1 Å². The maximum Gasteiger partial charge on any atom is 0.189 e. The van der Waals surface area contributed by atoms with Crippen molar-refractivity contribution < 1.29 is 5.11 Å². The first kappa shape index (κ1) is 17.9. The average molecular weight is 366 g/mol. The molecule has 0 bridgehead atoms. The Bertz CT molecular complexity index is 999. The Labute approximate surface area is 158 Å². The lowest BCUT2D eigenvalue weighted by atomic mass is 9.90. The van der Waals surface area contributed by atoms with Gasteiger partial charge in [0.05, 0.1) is 0 Å². The Kier molecular flexibility index (Phi) is 4.85. The smallest absolute Gasteiger partial charge is 0.189 e. The van der Waals surface area contributed by atoms with Gasteiger partial charge < -0.3 is 14.7 Å². The first-order valence-corrected chi connectivity index (χ1v) is 9.51. The molecule has 1 aromatic carbocycles. The van der Waals surface area contributed by atoms with Crippen LogP contribution in [0.2, 0.25) is 0 Å². The largest absolute Gasteiger partial charge is 0.385 e. The molecule has 0 saturated carbocycles. The number of pyridine rings is 1. The fourth-order valence-electron chi connectivity index (χ4n) is 4.04. The molecule has 1 atom stereocenters. The standard InChI is InChI=1S/C21H26N4O2/c1-14-3-4-18-17(11-14)19(26)12-16(23-18)13-25-8-5-15(6-9-25)20(27)21-22-7-10-24(21)2/h3-4,7,10-12,15,20,27H,5-6,8-9,13H2,1-2H3,(H,23,26)/t20-/m1/s1. The molecule has 6 nitrogen and oxygen atoms in total. The minimum absolute atomic E-state index is 0.0718. The van der Waals surface area contributed by atoms with Crippen LogP contribution in [-0.4, -0.2) is 37.6 Å². The quantitative estimate of drug-likeness (QED) is 0.744. The van der Waals surface area contributed by atoms with E-state index < -0.39 is 6.10 Å². The lowest BCUT2D eigenvalue weighted by molar-refractivity contribution is 0.0489. The molecule has 2 N–H and O–H groups in total. The summed E-state index contributed by atoms with van der Waals surface area (Å²) in [5.74, 6) is 0.962. The highest BCUT2D eigenvalue weighted by atomic mass is 16.3. The number of benzene rings is 1. The van der Waals surface area contributed by atoms with E-state index in [-0.39, 0.29) is 11.3 Å². The summed E-state index contributed by atoms with van der Waals surface area (Å²) in [6.45, 7) is 4.53. The van der Waals surface area contributed by atoms with E-state index >= 15 is 0 Å². The van der Waals surface area contributed by atoms with Crippen LogP contribution in [0.3, 0.4) is 0 Å². The van der Waals surface area contributed by atoms with Crippen LogP contribution in [0.1, 0.15) is 36.0 Å². The Morgan fingerprint density at radius 1 is 1.30 bits per heavy atom. The van der Waals surface area contributed by atoms with Crippen molar-refractivity contribution >= 4 is 10.9 Å². The van der Waals surface area contributed by atoms with Gasteiger partial charge in [0, 0.05) is 48.6 Å². The van der Waals surface area contributed by atoms with Crippen molar-refractivity contribution in [3.05, 3.63) is 64.0 Å². The van der Waals surface area contributed by atoms with E-state index in [1.54, 1.807) is 12.3 Å². The summed E-state index contributed by atoms with van der Waals surface area (Å²) >= 11 is 0. The number of hydrogen-bond donors (Lipinski definition) is 2. The number of aromatic amines is 1. The van der Waals surface area contributed by atoms with E-state index in [0.717, 1.165) is 60.5 Å². The Morgan fingerprint density at radius 3 is 2.78 bits per heavy atom. The fourth-order valence-corrected chi connectivity index (χ4v) is 4.04. The summed E-state index contributed by atoms with van der Waals surface area (Å²) in [6.07, 6.45) is 4.92. The summed E-state index contributed by atoms with van der Waals surface area (Å²) < 4.78 is 1.89. The van der Waals surface area contributed by atoms with Gasteiger partial charge in [0.15, 0.2) is 5.43 Å². The zero-order valence-electron chi connectivity index (χ0n) is 15.9. The van der Waals surface area contributed by atoms with Gasteiger partial charge in [0.2, 0.25) is 0 Å². The molecule has 0 spiro atoms. The van der Waals surface area contributed by atoms with E-state index in [1.807, 2.05) is 42.9 Å².